The van der Waals surface area contributed by atoms with Crippen molar-refractivity contribution in [2.75, 3.05) is 5.32 Å². The number of nitrogens with zero attached hydrogens (tertiary/aromatic N) is 5. The molecule has 0 bridgehead atoms. The molecule has 7 heteroatoms. The van der Waals surface area contributed by atoms with E-state index in [1.807, 2.05) is 30.3 Å². The van der Waals surface area contributed by atoms with Gasteiger partial charge in [-0.25, -0.2) is 4.98 Å². The summed E-state index contributed by atoms with van der Waals surface area (Å²) in [4.78, 5) is 8.43. The molecule has 102 valence electrons. The second kappa shape index (κ2) is 5.79. The molecule has 2 aromatic heterocycles. The van der Waals surface area contributed by atoms with Crippen LogP contribution >= 0.6 is 11.5 Å². The van der Waals surface area contributed by atoms with Gasteiger partial charge < -0.3 is 5.32 Å². The number of hydrogen-bond donors (Lipinski definition) is 1. The van der Waals surface area contributed by atoms with Gasteiger partial charge in [-0.3, -0.25) is 4.68 Å². The molecule has 1 aromatic carbocycles. The van der Waals surface area contributed by atoms with Crippen LogP contribution in [0.5, 0.6) is 0 Å². The molecular weight excluding hydrogens is 272 g/mol. The Morgan fingerprint density at radius 3 is 2.90 bits per heavy atom. The number of rotatable bonds is 5. The molecule has 0 saturated heterocycles. The van der Waals surface area contributed by atoms with E-state index in [1.165, 1.54) is 17.9 Å². The molecule has 0 unspecified atom stereocenters. The molecule has 6 nitrogen and oxygen atoms in total. The highest BCUT2D eigenvalue weighted by atomic mass is 32.1. The van der Waals surface area contributed by atoms with Crippen LogP contribution in [0.4, 0.5) is 5.13 Å². The van der Waals surface area contributed by atoms with Crippen LogP contribution in [0, 0.1) is 0 Å². The molecule has 0 aliphatic rings. The lowest BCUT2D eigenvalue weighted by molar-refractivity contribution is 0.559. The third kappa shape index (κ3) is 3.00. The lowest BCUT2D eigenvalue weighted by Crippen LogP contribution is -2.22. The monoisotopic (exact) mass is 286 g/mol. The van der Waals surface area contributed by atoms with Crippen molar-refractivity contribution in [1.29, 1.82) is 0 Å². The quantitative estimate of drug-likeness (QED) is 0.779. The van der Waals surface area contributed by atoms with Gasteiger partial charge in [0.1, 0.15) is 12.7 Å². The number of hydrogen-bond acceptors (Lipinski definition) is 6. The van der Waals surface area contributed by atoms with Gasteiger partial charge in [-0.2, -0.15) is 14.5 Å². The van der Waals surface area contributed by atoms with E-state index in [1.54, 1.807) is 11.0 Å². The van der Waals surface area contributed by atoms with Crippen LogP contribution in [0.15, 0.2) is 43.0 Å². The zero-order chi connectivity index (χ0) is 13.8. The van der Waals surface area contributed by atoms with E-state index in [4.69, 9.17) is 0 Å². The zero-order valence-corrected chi connectivity index (χ0v) is 11.8. The van der Waals surface area contributed by atoms with Crippen molar-refractivity contribution >= 4 is 16.7 Å². The van der Waals surface area contributed by atoms with Crippen molar-refractivity contribution in [3.63, 3.8) is 0 Å². The second-order valence-electron chi connectivity index (χ2n) is 4.45. The maximum absolute atomic E-state index is 4.50. The predicted molar refractivity (Wildman–Crippen MR) is 78.5 cm³/mol. The van der Waals surface area contributed by atoms with Crippen LogP contribution in [0.25, 0.3) is 11.4 Å². The fourth-order valence-electron chi connectivity index (χ4n) is 1.85. The smallest absolute Gasteiger partial charge is 0.203 e. The Bertz CT molecular complexity index is 649. The predicted octanol–water partition coefficient (Wildman–Crippen LogP) is 2.30. The van der Waals surface area contributed by atoms with E-state index < -0.39 is 0 Å². The molecule has 0 fully saturated rings. The standard InChI is InChI=1S/C13H14N6S/c1-10(7-19-9-14-8-15-19)16-13-17-12(18-20-13)11-5-3-2-4-6-11/h2-6,8-10H,7H2,1H3,(H,16,17,18)/t10-/m1/s1. The van der Waals surface area contributed by atoms with Crippen molar-refractivity contribution < 1.29 is 0 Å². The summed E-state index contributed by atoms with van der Waals surface area (Å²) in [6.07, 6.45) is 3.23. The van der Waals surface area contributed by atoms with Crippen molar-refractivity contribution in [2.24, 2.45) is 0 Å². The Morgan fingerprint density at radius 2 is 2.15 bits per heavy atom. The number of benzene rings is 1. The van der Waals surface area contributed by atoms with Crippen LogP contribution in [0.2, 0.25) is 0 Å². The average Bonchev–Trinajstić information content (AvgIpc) is 3.11. The normalized spacial score (nSPS) is 12.2. The minimum atomic E-state index is 0.202. The Morgan fingerprint density at radius 1 is 1.30 bits per heavy atom. The van der Waals surface area contributed by atoms with Crippen LogP contribution < -0.4 is 5.32 Å². The summed E-state index contributed by atoms with van der Waals surface area (Å²) in [6.45, 7) is 2.81. The Labute approximate surface area is 120 Å². The number of anilines is 1. The lowest BCUT2D eigenvalue weighted by atomic mass is 10.2. The Balaban J connectivity index is 1.65. The third-order valence-electron chi connectivity index (χ3n) is 2.76. The van der Waals surface area contributed by atoms with Crippen molar-refractivity contribution in [2.45, 2.75) is 19.5 Å². The molecule has 1 N–H and O–H groups in total. The van der Waals surface area contributed by atoms with E-state index in [0.29, 0.717) is 0 Å². The van der Waals surface area contributed by atoms with Gasteiger partial charge in [-0.15, -0.1) is 0 Å². The minimum absolute atomic E-state index is 0.202. The van der Waals surface area contributed by atoms with E-state index in [0.717, 1.165) is 23.1 Å². The molecule has 0 aliphatic heterocycles. The van der Waals surface area contributed by atoms with E-state index in [-0.39, 0.29) is 6.04 Å². The Kier molecular flexibility index (Phi) is 3.69. The molecule has 1 atom stereocenters. The highest BCUT2D eigenvalue weighted by molar-refractivity contribution is 7.09. The summed E-state index contributed by atoms with van der Waals surface area (Å²) in [5.74, 6) is 0.756. The van der Waals surface area contributed by atoms with Gasteiger partial charge in [-0.1, -0.05) is 30.3 Å². The first-order valence-corrected chi connectivity index (χ1v) is 7.06. The maximum Gasteiger partial charge on any atom is 0.203 e. The fourth-order valence-corrected chi connectivity index (χ4v) is 2.55. The molecule has 20 heavy (non-hydrogen) atoms. The third-order valence-corrected chi connectivity index (χ3v) is 3.40. The summed E-state index contributed by atoms with van der Waals surface area (Å²) in [5, 5.41) is 8.23. The molecule has 2 heterocycles. The second-order valence-corrected chi connectivity index (χ2v) is 5.20. The summed E-state index contributed by atoms with van der Waals surface area (Å²) in [7, 11) is 0. The van der Waals surface area contributed by atoms with Gasteiger partial charge >= 0.3 is 0 Å². The van der Waals surface area contributed by atoms with Crippen LogP contribution in [0.3, 0.4) is 0 Å². The van der Waals surface area contributed by atoms with Gasteiger partial charge in [0.2, 0.25) is 5.13 Å². The zero-order valence-electron chi connectivity index (χ0n) is 11.0. The first-order chi connectivity index (χ1) is 9.81. The first-order valence-electron chi connectivity index (χ1n) is 6.29. The van der Waals surface area contributed by atoms with Crippen molar-refractivity contribution in [1.82, 2.24) is 24.1 Å². The molecule has 3 rings (SSSR count). The van der Waals surface area contributed by atoms with Gasteiger partial charge in [0.05, 0.1) is 6.54 Å². The molecule has 0 radical (unpaired) electrons. The van der Waals surface area contributed by atoms with Crippen molar-refractivity contribution in [3.05, 3.63) is 43.0 Å². The topological polar surface area (TPSA) is 68.5 Å². The van der Waals surface area contributed by atoms with Gasteiger partial charge in [-0.05, 0) is 6.92 Å². The first kappa shape index (κ1) is 12.7. The molecule has 0 amide bonds. The van der Waals surface area contributed by atoms with Gasteiger partial charge in [0, 0.05) is 23.1 Å². The van der Waals surface area contributed by atoms with E-state index in [2.05, 4.69) is 31.7 Å². The summed E-state index contributed by atoms with van der Waals surface area (Å²) < 4.78 is 6.16. The van der Waals surface area contributed by atoms with E-state index in [9.17, 15) is 0 Å². The van der Waals surface area contributed by atoms with Gasteiger partial charge in [0.25, 0.3) is 0 Å². The number of nitrogens with one attached hydrogen (secondary N) is 1. The molecule has 0 aliphatic carbocycles. The van der Waals surface area contributed by atoms with Crippen molar-refractivity contribution in [3.8, 4) is 11.4 Å². The SMILES string of the molecule is C[C@H](Cn1cncn1)Nc1nc(-c2ccccc2)ns1. The highest BCUT2D eigenvalue weighted by Crippen LogP contribution is 2.21. The molecule has 3 aromatic rings. The minimum Gasteiger partial charge on any atom is -0.356 e. The summed E-state index contributed by atoms with van der Waals surface area (Å²) >= 11 is 1.37. The number of aromatic nitrogens is 5. The largest absolute Gasteiger partial charge is 0.356 e. The molecule has 0 saturated carbocycles. The van der Waals surface area contributed by atoms with E-state index >= 15 is 0 Å². The average molecular weight is 286 g/mol. The maximum atomic E-state index is 4.50. The summed E-state index contributed by atoms with van der Waals surface area (Å²) in [6, 6.07) is 10.2. The lowest BCUT2D eigenvalue weighted by Gasteiger charge is -2.11. The molecular formula is C13H14N6S. The van der Waals surface area contributed by atoms with Crippen LogP contribution in [-0.4, -0.2) is 30.2 Å². The van der Waals surface area contributed by atoms with Crippen LogP contribution in [0.1, 0.15) is 6.92 Å². The highest BCUT2D eigenvalue weighted by Gasteiger charge is 2.09. The Hall–Kier alpha value is -2.28. The van der Waals surface area contributed by atoms with Gasteiger partial charge in [0.15, 0.2) is 5.82 Å². The molecule has 0 spiro atoms. The summed E-state index contributed by atoms with van der Waals surface area (Å²) in [5.41, 5.74) is 1.03. The van der Waals surface area contributed by atoms with Crippen LogP contribution in [-0.2, 0) is 6.54 Å². The fraction of sp³-hybridized carbons (Fsp3) is 0.231.